The SMILES string of the molecule is COc1cc2c(cc1NC(=O)[C@H](C)OC(=O)c1sc3ccccc3c1Cl)oc1ccccc12. The molecule has 166 valence electrons. The highest BCUT2D eigenvalue weighted by molar-refractivity contribution is 7.21. The number of para-hydroxylation sites is 1. The van der Waals surface area contributed by atoms with Gasteiger partial charge in [0.2, 0.25) is 0 Å². The van der Waals surface area contributed by atoms with Gasteiger partial charge in [0.05, 0.1) is 17.8 Å². The minimum absolute atomic E-state index is 0.263. The molecule has 2 heterocycles. The fourth-order valence-corrected chi connectivity index (χ4v) is 5.06. The maximum Gasteiger partial charge on any atom is 0.350 e. The molecular weight excluding hydrogens is 462 g/mol. The number of amides is 1. The van der Waals surface area contributed by atoms with Crippen molar-refractivity contribution in [2.45, 2.75) is 13.0 Å². The number of hydrogen-bond donors (Lipinski definition) is 1. The number of nitrogens with one attached hydrogen (secondary N) is 1. The first-order valence-electron chi connectivity index (χ1n) is 10.1. The molecule has 6 nitrogen and oxygen atoms in total. The van der Waals surface area contributed by atoms with E-state index in [0.717, 1.165) is 26.4 Å². The molecule has 0 saturated heterocycles. The van der Waals surface area contributed by atoms with Crippen molar-refractivity contribution in [1.82, 2.24) is 0 Å². The smallest absolute Gasteiger partial charge is 0.350 e. The summed E-state index contributed by atoms with van der Waals surface area (Å²) in [6.07, 6.45) is -1.06. The van der Waals surface area contributed by atoms with Crippen molar-refractivity contribution in [3.05, 3.63) is 70.6 Å². The van der Waals surface area contributed by atoms with Crippen LogP contribution in [0.15, 0.2) is 65.1 Å². The summed E-state index contributed by atoms with van der Waals surface area (Å²) >= 11 is 7.58. The maximum absolute atomic E-state index is 12.8. The molecular formula is C25H18ClNO5S. The van der Waals surface area contributed by atoms with Gasteiger partial charge in [-0.25, -0.2) is 4.79 Å². The van der Waals surface area contributed by atoms with Crippen molar-refractivity contribution in [2.24, 2.45) is 0 Å². The molecule has 1 atom stereocenters. The summed E-state index contributed by atoms with van der Waals surface area (Å²) in [5.74, 6) is -0.689. The first-order chi connectivity index (χ1) is 16.0. The Morgan fingerprint density at radius 1 is 1.00 bits per heavy atom. The Morgan fingerprint density at radius 3 is 2.48 bits per heavy atom. The molecule has 0 aliphatic heterocycles. The minimum atomic E-state index is -1.06. The van der Waals surface area contributed by atoms with Crippen molar-refractivity contribution < 1.29 is 23.5 Å². The van der Waals surface area contributed by atoms with Crippen LogP contribution in [0.4, 0.5) is 5.69 Å². The summed E-state index contributed by atoms with van der Waals surface area (Å²) in [5, 5.41) is 5.69. The van der Waals surface area contributed by atoms with Gasteiger partial charge in [-0.1, -0.05) is 48.0 Å². The summed E-state index contributed by atoms with van der Waals surface area (Å²) in [7, 11) is 1.52. The van der Waals surface area contributed by atoms with Gasteiger partial charge < -0.3 is 19.2 Å². The summed E-state index contributed by atoms with van der Waals surface area (Å²) in [6, 6.07) is 18.6. The monoisotopic (exact) mass is 479 g/mol. The Labute approximate surface area is 197 Å². The van der Waals surface area contributed by atoms with Crippen molar-refractivity contribution in [2.75, 3.05) is 12.4 Å². The van der Waals surface area contributed by atoms with E-state index in [-0.39, 0.29) is 4.88 Å². The van der Waals surface area contributed by atoms with E-state index in [1.165, 1.54) is 25.4 Å². The number of carbonyl (C=O) groups is 2. The molecule has 33 heavy (non-hydrogen) atoms. The number of anilines is 1. The summed E-state index contributed by atoms with van der Waals surface area (Å²) in [4.78, 5) is 25.8. The van der Waals surface area contributed by atoms with E-state index in [0.29, 0.717) is 22.0 Å². The Balaban J connectivity index is 1.37. The highest BCUT2D eigenvalue weighted by Gasteiger charge is 2.24. The van der Waals surface area contributed by atoms with Gasteiger partial charge in [-0.15, -0.1) is 11.3 Å². The van der Waals surface area contributed by atoms with Crippen LogP contribution < -0.4 is 10.1 Å². The third-order valence-electron chi connectivity index (χ3n) is 5.33. The predicted molar refractivity (Wildman–Crippen MR) is 131 cm³/mol. The molecule has 0 unspecified atom stereocenters. The van der Waals surface area contributed by atoms with Crippen molar-refractivity contribution >= 4 is 72.5 Å². The van der Waals surface area contributed by atoms with Gasteiger partial charge in [0.1, 0.15) is 21.8 Å². The second kappa shape index (κ2) is 8.42. The summed E-state index contributed by atoms with van der Waals surface area (Å²) < 4.78 is 17.6. The molecule has 0 fully saturated rings. The Hall–Kier alpha value is -3.55. The van der Waals surface area contributed by atoms with Crippen LogP contribution in [0.2, 0.25) is 5.02 Å². The zero-order valence-electron chi connectivity index (χ0n) is 17.7. The van der Waals surface area contributed by atoms with E-state index in [2.05, 4.69) is 5.32 Å². The van der Waals surface area contributed by atoms with Crippen LogP contribution in [0, 0.1) is 0 Å². The third-order valence-corrected chi connectivity index (χ3v) is 6.99. The lowest BCUT2D eigenvalue weighted by Crippen LogP contribution is -2.30. The zero-order chi connectivity index (χ0) is 23.1. The van der Waals surface area contributed by atoms with Crippen LogP contribution in [0.5, 0.6) is 5.75 Å². The number of carbonyl (C=O) groups excluding carboxylic acids is 2. The van der Waals surface area contributed by atoms with Crippen LogP contribution in [-0.2, 0) is 9.53 Å². The first kappa shape index (κ1) is 21.3. The topological polar surface area (TPSA) is 77.8 Å². The predicted octanol–water partition coefficient (Wildman–Crippen LogP) is 6.65. The van der Waals surface area contributed by atoms with E-state index in [1.807, 2.05) is 54.6 Å². The van der Waals surface area contributed by atoms with E-state index < -0.39 is 18.0 Å². The van der Waals surface area contributed by atoms with Gasteiger partial charge >= 0.3 is 5.97 Å². The molecule has 0 bridgehead atoms. The van der Waals surface area contributed by atoms with Gasteiger partial charge in [-0.05, 0) is 25.1 Å². The van der Waals surface area contributed by atoms with E-state index in [4.69, 9.17) is 25.5 Å². The number of halogens is 1. The first-order valence-corrected chi connectivity index (χ1v) is 11.3. The van der Waals surface area contributed by atoms with Crippen LogP contribution in [0.1, 0.15) is 16.6 Å². The number of methoxy groups -OCH3 is 1. The second-order valence-electron chi connectivity index (χ2n) is 7.42. The van der Waals surface area contributed by atoms with Gasteiger partial charge in [0.25, 0.3) is 5.91 Å². The summed E-state index contributed by atoms with van der Waals surface area (Å²) in [5.41, 5.74) is 1.76. The standard InChI is InChI=1S/C25H18ClNO5S/c1-13(31-25(29)23-22(26)15-8-4-6-10-21(15)33-23)24(28)27-17-12-19-16(11-20(17)30-2)14-7-3-5-9-18(14)32-19/h3-13H,1-2H3,(H,27,28)/t13-/m0/s1. The summed E-state index contributed by atoms with van der Waals surface area (Å²) in [6.45, 7) is 1.50. The molecule has 0 radical (unpaired) electrons. The van der Waals surface area contributed by atoms with E-state index in [9.17, 15) is 9.59 Å². The average Bonchev–Trinajstić information content (AvgIpc) is 3.35. The lowest BCUT2D eigenvalue weighted by molar-refractivity contribution is -0.123. The van der Waals surface area contributed by atoms with Crippen LogP contribution in [0.25, 0.3) is 32.0 Å². The van der Waals surface area contributed by atoms with Crippen LogP contribution >= 0.6 is 22.9 Å². The van der Waals surface area contributed by atoms with Crippen molar-refractivity contribution in [3.8, 4) is 5.75 Å². The molecule has 1 N–H and O–H groups in total. The van der Waals surface area contributed by atoms with Crippen LogP contribution in [0.3, 0.4) is 0 Å². The van der Waals surface area contributed by atoms with E-state index >= 15 is 0 Å². The Morgan fingerprint density at radius 2 is 1.73 bits per heavy atom. The second-order valence-corrected chi connectivity index (χ2v) is 8.86. The fourth-order valence-electron chi connectivity index (χ4n) is 3.67. The van der Waals surface area contributed by atoms with Gasteiger partial charge in [-0.2, -0.15) is 0 Å². The zero-order valence-corrected chi connectivity index (χ0v) is 19.3. The Kier molecular flexibility index (Phi) is 5.44. The number of fused-ring (bicyclic) bond motifs is 4. The quantitative estimate of drug-likeness (QED) is 0.286. The van der Waals surface area contributed by atoms with Gasteiger partial charge in [0, 0.05) is 26.9 Å². The van der Waals surface area contributed by atoms with Gasteiger partial charge in [-0.3, -0.25) is 4.79 Å². The molecule has 1 amide bonds. The molecule has 2 aromatic heterocycles. The number of benzene rings is 3. The molecule has 0 aliphatic carbocycles. The highest BCUT2D eigenvalue weighted by atomic mass is 35.5. The molecule has 5 aromatic rings. The fraction of sp³-hybridized carbons (Fsp3) is 0.120. The molecule has 8 heteroatoms. The Bertz CT molecular complexity index is 1540. The van der Waals surface area contributed by atoms with Crippen LogP contribution in [-0.4, -0.2) is 25.1 Å². The highest BCUT2D eigenvalue weighted by Crippen LogP contribution is 2.37. The van der Waals surface area contributed by atoms with E-state index in [1.54, 1.807) is 6.07 Å². The number of hydrogen-bond acceptors (Lipinski definition) is 6. The number of furan rings is 1. The molecule has 0 aliphatic rings. The lowest BCUT2D eigenvalue weighted by Gasteiger charge is -2.15. The molecule has 5 rings (SSSR count). The van der Waals surface area contributed by atoms with Crippen molar-refractivity contribution in [1.29, 1.82) is 0 Å². The number of ether oxygens (including phenoxy) is 2. The van der Waals surface area contributed by atoms with Crippen molar-refractivity contribution in [3.63, 3.8) is 0 Å². The molecule has 0 spiro atoms. The average molecular weight is 480 g/mol. The van der Waals surface area contributed by atoms with Gasteiger partial charge in [0.15, 0.2) is 6.10 Å². The minimum Gasteiger partial charge on any atom is -0.495 e. The molecule has 3 aromatic carbocycles. The molecule has 0 saturated carbocycles. The maximum atomic E-state index is 12.8. The largest absolute Gasteiger partial charge is 0.495 e. The number of rotatable bonds is 5. The lowest BCUT2D eigenvalue weighted by atomic mass is 10.1. The normalized spacial score (nSPS) is 12.2. The number of esters is 1. The third kappa shape index (κ3) is 3.79. The number of thiophene rings is 1.